The lowest BCUT2D eigenvalue weighted by molar-refractivity contribution is 1.21. The molecule has 0 unspecified atom stereocenters. The van der Waals surface area contributed by atoms with Crippen molar-refractivity contribution in [1.82, 2.24) is 0 Å². The van der Waals surface area contributed by atoms with Gasteiger partial charge < -0.3 is 0 Å². The van der Waals surface area contributed by atoms with Crippen molar-refractivity contribution in [3.8, 4) is 0 Å². The molecule has 2 aromatic heterocycles. The van der Waals surface area contributed by atoms with E-state index < -0.39 is 0 Å². The molecule has 0 nitrogen and oxygen atoms in total. The lowest BCUT2D eigenvalue weighted by atomic mass is 10.0. The van der Waals surface area contributed by atoms with E-state index in [1.54, 1.807) is 0 Å². The summed E-state index contributed by atoms with van der Waals surface area (Å²) in [6, 6.07) is 27.4. The molecule has 0 saturated heterocycles. The van der Waals surface area contributed by atoms with Crippen molar-refractivity contribution in [1.29, 1.82) is 0 Å². The van der Waals surface area contributed by atoms with Crippen molar-refractivity contribution in [2.45, 2.75) is 20.3 Å². The van der Waals surface area contributed by atoms with Gasteiger partial charge in [-0.25, -0.2) is 0 Å². The van der Waals surface area contributed by atoms with Crippen molar-refractivity contribution >= 4 is 63.0 Å². The lowest BCUT2D eigenvalue weighted by Gasteiger charge is -2.04. The average Bonchev–Trinajstić information content (AvgIpc) is 3.27. The highest BCUT2D eigenvalue weighted by molar-refractivity contribution is 7.26. The van der Waals surface area contributed by atoms with Gasteiger partial charge in [-0.3, -0.25) is 0 Å². The Bertz CT molecular complexity index is 1530. The van der Waals surface area contributed by atoms with Crippen molar-refractivity contribution in [3.63, 3.8) is 0 Å². The summed E-state index contributed by atoms with van der Waals surface area (Å²) in [6.07, 6.45) is 0.970. The highest BCUT2D eigenvalue weighted by Gasteiger charge is 2.10. The molecule has 140 valence electrons. The van der Waals surface area contributed by atoms with Gasteiger partial charge in [0.1, 0.15) is 0 Å². The Kier molecular flexibility index (Phi) is 3.80. The first-order valence-corrected chi connectivity index (χ1v) is 11.6. The molecule has 0 aliphatic carbocycles. The zero-order valence-electron chi connectivity index (χ0n) is 16.5. The third-order valence-corrected chi connectivity index (χ3v) is 8.33. The summed E-state index contributed by atoms with van der Waals surface area (Å²) in [5.74, 6) is 0. The molecule has 0 spiro atoms. The van der Waals surface area contributed by atoms with Crippen LogP contribution in [0.4, 0.5) is 0 Å². The lowest BCUT2D eigenvalue weighted by Crippen LogP contribution is -1.87. The smallest absolute Gasteiger partial charge is 0.0384 e. The van der Waals surface area contributed by atoms with Crippen molar-refractivity contribution in [2.75, 3.05) is 0 Å². The van der Waals surface area contributed by atoms with E-state index in [0.29, 0.717) is 0 Å². The fraction of sp³-hybridized carbons (Fsp3) is 0.111. The third kappa shape index (κ3) is 2.78. The largest absolute Gasteiger partial charge is 0.135 e. The van der Waals surface area contributed by atoms with Crippen LogP contribution in [0.1, 0.15) is 22.3 Å². The standard InChI is InChI=1S/C27H20S2/c1-16-6-9-24-21(12-16)23-15-19(7-10-25(23)28-24)13-18-8-11-26-22(14-18)20-5-3-4-17(2)27(20)29-26/h3-12,14-15H,13H2,1-2H3. The van der Waals surface area contributed by atoms with Gasteiger partial charge in [-0.05, 0) is 73.4 Å². The number of hydrogen-bond acceptors (Lipinski definition) is 2. The number of hydrogen-bond donors (Lipinski definition) is 0. The van der Waals surface area contributed by atoms with E-state index in [4.69, 9.17) is 0 Å². The van der Waals surface area contributed by atoms with Gasteiger partial charge in [0.15, 0.2) is 0 Å². The number of aryl methyl sites for hydroxylation is 2. The Labute approximate surface area is 178 Å². The molecule has 0 bridgehead atoms. The molecule has 0 aliphatic rings. The quantitative estimate of drug-likeness (QED) is 0.269. The van der Waals surface area contributed by atoms with Crippen LogP contribution < -0.4 is 0 Å². The Balaban J connectivity index is 1.46. The second kappa shape index (κ2) is 6.41. The second-order valence-electron chi connectivity index (χ2n) is 7.99. The maximum absolute atomic E-state index is 2.40. The minimum absolute atomic E-state index is 0.970. The van der Waals surface area contributed by atoms with E-state index in [1.807, 2.05) is 22.7 Å². The molecule has 4 aromatic carbocycles. The first kappa shape index (κ1) is 17.2. The molecular weight excluding hydrogens is 388 g/mol. The zero-order valence-corrected chi connectivity index (χ0v) is 18.1. The van der Waals surface area contributed by atoms with Crippen LogP contribution in [0.25, 0.3) is 40.3 Å². The molecule has 0 N–H and O–H groups in total. The Morgan fingerprint density at radius 2 is 1.21 bits per heavy atom. The minimum atomic E-state index is 0.970. The van der Waals surface area contributed by atoms with E-state index >= 15 is 0 Å². The second-order valence-corrected chi connectivity index (χ2v) is 10.1. The van der Waals surface area contributed by atoms with Crippen LogP contribution in [0, 0.1) is 13.8 Å². The van der Waals surface area contributed by atoms with Crippen LogP contribution in [0.5, 0.6) is 0 Å². The highest BCUT2D eigenvalue weighted by Crippen LogP contribution is 2.37. The maximum Gasteiger partial charge on any atom is 0.0384 e. The SMILES string of the molecule is Cc1ccc2sc3ccc(Cc4ccc5sc6c(C)cccc6c5c4)cc3c2c1. The minimum Gasteiger partial charge on any atom is -0.135 e. The topological polar surface area (TPSA) is 0 Å². The van der Waals surface area contributed by atoms with Crippen LogP contribution in [-0.4, -0.2) is 0 Å². The average molecular weight is 409 g/mol. The summed E-state index contributed by atoms with van der Waals surface area (Å²) in [7, 11) is 0. The Hall–Kier alpha value is -2.68. The Morgan fingerprint density at radius 1 is 0.586 bits per heavy atom. The van der Waals surface area contributed by atoms with Crippen molar-refractivity contribution in [2.24, 2.45) is 0 Å². The van der Waals surface area contributed by atoms with Crippen LogP contribution in [0.15, 0.2) is 72.8 Å². The van der Waals surface area contributed by atoms with Gasteiger partial charge in [0.05, 0.1) is 0 Å². The maximum atomic E-state index is 2.40. The third-order valence-electron chi connectivity index (χ3n) is 5.86. The molecule has 0 atom stereocenters. The summed E-state index contributed by atoms with van der Waals surface area (Å²) >= 11 is 3.80. The van der Waals surface area contributed by atoms with Crippen molar-refractivity contribution in [3.05, 3.63) is 95.1 Å². The number of benzene rings is 4. The summed E-state index contributed by atoms with van der Waals surface area (Å²) < 4.78 is 5.56. The predicted molar refractivity (Wildman–Crippen MR) is 131 cm³/mol. The highest BCUT2D eigenvalue weighted by atomic mass is 32.1. The van der Waals surface area contributed by atoms with Gasteiger partial charge in [-0.2, -0.15) is 0 Å². The van der Waals surface area contributed by atoms with Gasteiger partial charge in [0.25, 0.3) is 0 Å². The van der Waals surface area contributed by atoms with Gasteiger partial charge in [0, 0.05) is 40.3 Å². The number of thiophene rings is 2. The summed E-state index contributed by atoms with van der Waals surface area (Å²) in [5, 5.41) is 5.57. The fourth-order valence-corrected chi connectivity index (χ4v) is 6.60. The van der Waals surface area contributed by atoms with E-state index in [2.05, 4.69) is 86.6 Å². The van der Waals surface area contributed by atoms with E-state index in [1.165, 1.54) is 62.6 Å². The van der Waals surface area contributed by atoms with Gasteiger partial charge in [-0.1, -0.05) is 42.0 Å². The molecule has 29 heavy (non-hydrogen) atoms. The monoisotopic (exact) mass is 408 g/mol. The van der Waals surface area contributed by atoms with Gasteiger partial charge >= 0.3 is 0 Å². The molecule has 0 saturated carbocycles. The molecule has 0 aliphatic heterocycles. The number of rotatable bonds is 2. The summed E-state index contributed by atoms with van der Waals surface area (Å²) in [5.41, 5.74) is 5.46. The van der Waals surface area contributed by atoms with Crippen LogP contribution in [0.3, 0.4) is 0 Å². The summed E-state index contributed by atoms with van der Waals surface area (Å²) in [4.78, 5) is 0. The van der Waals surface area contributed by atoms with Gasteiger partial charge in [-0.15, -0.1) is 22.7 Å². The normalized spacial score (nSPS) is 11.9. The molecule has 2 heteroatoms. The van der Waals surface area contributed by atoms with Crippen LogP contribution in [0.2, 0.25) is 0 Å². The van der Waals surface area contributed by atoms with Crippen LogP contribution in [-0.2, 0) is 6.42 Å². The zero-order chi connectivity index (χ0) is 19.5. The summed E-state index contributed by atoms with van der Waals surface area (Å²) in [6.45, 7) is 4.38. The molecule has 6 aromatic rings. The predicted octanol–water partition coefficient (Wildman–Crippen LogP) is 8.63. The van der Waals surface area contributed by atoms with E-state index in [-0.39, 0.29) is 0 Å². The molecule has 0 radical (unpaired) electrons. The molecule has 0 amide bonds. The first-order chi connectivity index (χ1) is 14.2. The Morgan fingerprint density at radius 3 is 1.97 bits per heavy atom. The van der Waals surface area contributed by atoms with Crippen LogP contribution >= 0.6 is 22.7 Å². The fourth-order valence-electron chi connectivity index (χ4n) is 4.38. The van der Waals surface area contributed by atoms with E-state index in [0.717, 1.165) is 6.42 Å². The van der Waals surface area contributed by atoms with E-state index in [9.17, 15) is 0 Å². The van der Waals surface area contributed by atoms with Gasteiger partial charge in [0.2, 0.25) is 0 Å². The number of fused-ring (bicyclic) bond motifs is 6. The van der Waals surface area contributed by atoms with Crippen molar-refractivity contribution < 1.29 is 0 Å². The molecule has 2 heterocycles. The molecule has 6 rings (SSSR count). The first-order valence-electron chi connectivity index (χ1n) is 9.98. The molecule has 0 fully saturated rings. The molecular formula is C27H20S2.